The van der Waals surface area contributed by atoms with Gasteiger partial charge in [-0.25, -0.2) is 0 Å². The highest BCUT2D eigenvalue weighted by atomic mass is 32.1. The van der Waals surface area contributed by atoms with E-state index in [0.717, 1.165) is 15.0 Å². The van der Waals surface area contributed by atoms with Crippen molar-refractivity contribution in [3.63, 3.8) is 0 Å². The fraction of sp³-hybridized carbons (Fsp3) is 0.267. The Kier molecular flexibility index (Phi) is 7.64. The Hall–Kier alpha value is -4.32. The lowest BCUT2D eigenvalue weighted by Crippen LogP contribution is -2.49. The number of aromatic nitrogens is 1. The number of benzene rings is 2. The highest BCUT2D eigenvalue weighted by Gasteiger charge is 2.52. The number of carbonyl (C=O) groups is 3. The number of nitrogens with zero attached hydrogens (tertiary/aromatic N) is 2. The van der Waals surface area contributed by atoms with Crippen molar-refractivity contribution in [3.05, 3.63) is 89.6 Å². The van der Waals surface area contributed by atoms with Crippen LogP contribution in [0.15, 0.2) is 79.1 Å². The van der Waals surface area contributed by atoms with Crippen LogP contribution in [0.5, 0.6) is 11.5 Å². The van der Waals surface area contributed by atoms with Crippen molar-refractivity contribution in [2.75, 3.05) is 26.3 Å². The van der Waals surface area contributed by atoms with Crippen LogP contribution < -0.4 is 15.4 Å². The minimum absolute atomic E-state index is 0.106. The van der Waals surface area contributed by atoms with Gasteiger partial charge in [0.1, 0.15) is 17.5 Å². The molecular weight excluding hydrogens is 544 g/mol. The van der Waals surface area contributed by atoms with Crippen molar-refractivity contribution in [2.24, 2.45) is 0 Å². The molecule has 11 heteroatoms. The number of amides is 3. The van der Waals surface area contributed by atoms with Gasteiger partial charge in [-0.1, -0.05) is 24.3 Å². The number of nitrogens with one attached hydrogen (secondary N) is 2. The molecule has 4 heterocycles. The highest BCUT2D eigenvalue weighted by Crippen LogP contribution is 2.35. The summed E-state index contributed by atoms with van der Waals surface area (Å²) in [7, 11) is 0. The smallest absolute Gasteiger partial charge is 0.251 e. The number of carbonyl (C=O) groups excluding carboxylic acids is 3. The average Bonchev–Trinajstić information content (AvgIpc) is 3.74. The van der Waals surface area contributed by atoms with E-state index in [4.69, 9.17) is 14.2 Å². The van der Waals surface area contributed by atoms with E-state index in [9.17, 15) is 14.4 Å². The summed E-state index contributed by atoms with van der Waals surface area (Å²) in [4.78, 5) is 46.1. The van der Waals surface area contributed by atoms with E-state index in [1.165, 1.54) is 4.90 Å². The van der Waals surface area contributed by atoms with Gasteiger partial charge in [-0.15, -0.1) is 11.3 Å². The second kappa shape index (κ2) is 11.7. The van der Waals surface area contributed by atoms with Crippen LogP contribution in [-0.4, -0.2) is 65.7 Å². The zero-order chi connectivity index (χ0) is 28.2. The predicted octanol–water partition coefficient (Wildman–Crippen LogP) is 3.48. The summed E-state index contributed by atoms with van der Waals surface area (Å²) < 4.78 is 18.5. The summed E-state index contributed by atoms with van der Waals surface area (Å²) in [6.45, 7) is 0.929. The molecule has 0 radical (unpaired) electrons. The van der Waals surface area contributed by atoms with Gasteiger partial charge >= 0.3 is 0 Å². The van der Waals surface area contributed by atoms with E-state index in [-0.39, 0.29) is 25.4 Å². The molecule has 2 saturated heterocycles. The fourth-order valence-electron chi connectivity index (χ4n) is 5.04. The van der Waals surface area contributed by atoms with Crippen molar-refractivity contribution in [3.8, 4) is 11.5 Å². The number of hydrogen-bond acceptors (Lipinski definition) is 8. The van der Waals surface area contributed by atoms with Gasteiger partial charge in [0.15, 0.2) is 5.79 Å². The second-order valence-electron chi connectivity index (χ2n) is 9.82. The lowest BCUT2D eigenvalue weighted by atomic mass is 10.1. The first-order valence-electron chi connectivity index (χ1n) is 13.3. The maximum absolute atomic E-state index is 13.3. The van der Waals surface area contributed by atoms with Gasteiger partial charge < -0.3 is 29.7 Å². The van der Waals surface area contributed by atoms with Gasteiger partial charge in [0.05, 0.1) is 32.8 Å². The van der Waals surface area contributed by atoms with Crippen molar-refractivity contribution in [2.45, 2.75) is 24.8 Å². The molecule has 2 aliphatic rings. The Morgan fingerprint density at radius 2 is 1.80 bits per heavy atom. The molecule has 2 aliphatic heterocycles. The molecule has 0 bridgehead atoms. The maximum Gasteiger partial charge on any atom is 0.251 e. The minimum atomic E-state index is -1.02. The molecule has 2 fully saturated rings. The van der Waals surface area contributed by atoms with E-state index in [0.29, 0.717) is 36.8 Å². The fourth-order valence-corrected chi connectivity index (χ4v) is 6.02. The van der Waals surface area contributed by atoms with Crippen LogP contribution in [0, 0.1) is 0 Å². The van der Waals surface area contributed by atoms with Crippen LogP contribution in [0.25, 0.3) is 10.1 Å². The molecule has 0 unspecified atom stereocenters. The lowest BCUT2D eigenvalue weighted by Gasteiger charge is -2.24. The Balaban J connectivity index is 1.09. The summed E-state index contributed by atoms with van der Waals surface area (Å²) in [6, 6.07) is 19.1. The Labute approximate surface area is 240 Å². The molecule has 2 N–H and O–H groups in total. The SMILES string of the molecule is O=C(NCC(=O)N1CC2(C[C@H]1C(=O)NCc1cc3cnccc3s1)OCCO2)c1cccc(Oc2ccccc2)c1. The molecule has 0 aliphatic carbocycles. The Morgan fingerprint density at radius 1 is 1.00 bits per heavy atom. The van der Waals surface area contributed by atoms with Gasteiger partial charge in [-0.05, 0) is 42.5 Å². The van der Waals surface area contributed by atoms with Crippen LogP contribution in [-0.2, 0) is 25.6 Å². The second-order valence-corrected chi connectivity index (χ2v) is 11.0. The van der Waals surface area contributed by atoms with Gasteiger partial charge in [0.25, 0.3) is 5.91 Å². The van der Waals surface area contributed by atoms with E-state index in [1.54, 1.807) is 48.0 Å². The zero-order valence-electron chi connectivity index (χ0n) is 22.1. The maximum atomic E-state index is 13.3. The quantitative estimate of drug-likeness (QED) is 0.332. The molecule has 10 nitrogen and oxygen atoms in total. The van der Waals surface area contributed by atoms with Crippen LogP contribution >= 0.6 is 11.3 Å². The Morgan fingerprint density at radius 3 is 2.61 bits per heavy atom. The largest absolute Gasteiger partial charge is 0.457 e. The average molecular weight is 573 g/mol. The summed E-state index contributed by atoms with van der Waals surface area (Å²) in [5.74, 6) is -1.01. The van der Waals surface area contributed by atoms with Gasteiger partial charge in [0, 0.05) is 39.3 Å². The van der Waals surface area contributed by atoms with Crippen molar-refractivity contribution in [1.29, 1.82) is 0 Å². The number of para-hydroxylation sites is 1. The van der Waals surface area contributed by atoms with E-state index in [2.05, 4.69) is 15.6 Å². The topological polar surface area (TPSA) is 119 Å². The number of likely N-dealkylation sites (tertiary alicyclic amines) is 1. The van der Waals surface area contributed by atoms with Gasteiger partial charge in [-0.3, -0.25) is 19.4 Å². The molecular formula is C30H28N4O6S. The molecule has 2 aromatic carbocycles. The minimum Gasteiger partial charge on any atom is -0.457 e. The first-order valence-corrected chi connectivity index (χ1v) is 14.1. The molecule has 6 rings (SSSR count). The highest BCUT2D eigenvalue weighted by molar-refractivity contribution is 7.19. The number of hydrogen-bond donors (Lipinski definition) is 2. The molecule has 1 spiro atoms. The third kappa shape index (κ3) is 6.07. The Bertz CT molecular complexity index is 1540. The van der Waals surface area contributed by atoms with Crippen molar-refractivity contribution < 1.29 is 28.6 Å². The molecule has 41 heavy (non-hydrogen) atoms. The first kappa shape index (κ1) is 26.9. The van der Waals surface area contributed by atoms with Gasteiger partial charge in [0.2, 0.25) is 11.8 Å². The summed E-state index contributed by atoms with van der Waals surface area (Å²) in [6.07, 6.45) is 3.74. The van der Waals surface area contributed by atoms with Crippen molar-refractivity contribution >= 4 is 39.1 Å². The molecule has 2 aromatic heterocycles. The zero-order valence-corrected chi connectivity index (χ0v) is 22.9. The number of pyridine rings is 1. The standard InChI is InChI=1S/C30H28N4O6S/c35-27(18-33-28(36)20-5-4-8-23(13-20)40-22-6-2-1-3-7-22)34-19-30(38-11-12-39-30)15-25(34)29(37)32-17-24-14-21-16-31-10-9-26(21)41-24/h1-10,13-14,16,25H,11-12,15,17-19H2,(H,32,37)(H,33,36)/t25-/m0/s1. The summed E-state index contributed by atoms with van der Waals surface area (Å²) >= 11 is 1.58. The molecule has 210 valence electrons. The first-order chi connectivity index (χ1) is 20.0. The van der Waals surface area contributed by atoms with Gasteiger partial charge in [-0.2, -0.15) is 0 Å². The number of ether oxygens (including phenoxy) is 3. The van der Waals surface area contributed by atoms with E-state index >= 15 is 0 Å². The third-order valence-corrected chi connectivity index (χ3v) is 8.12. The predicted molar refractivity (Wildman–Crippen MR) is 152 cm³/mol. The normalized spacial score (nSPS) is 17.6. The van der Waals surface area contributed by atoms with Crippen LogP contribution in [0.1, 0.15) is 21.7 Å². The van der Waals surface area contributed by atoms with E-state index < -0.39 is 23.6 Å². The van der Waals surface area contributed by atoms with E-state index in [1.807, 2.05) is 42.5 Å². The summed E-state index contributed by atoms with van der Waals surface area (Å²) in [5, 5.41) is 6.64. The molecule has 4 aromatic rings. The number of rotatable bonds is 8. The number of thiophene rings is 1. The monoisotopic (exact) mass is 572 g/mol. The van der Waals surface area contributed by atoms with Crippen LogP contribution in [0.2, 0.25) is 0 Å². The molecule has 0 saturated carbocycles. The third-order valence-electron chi connectivity index (χ3n) is 7.01. The van der Waals surface area contributed by atoms with Crippen molar-refractivity contribution in [1.82, 2.24) is 20.5 Å². The lowest BCUT2D eigenvalue weighted by molar-refractivity contribution is -0.152. The summed E-state index contributed by atoms with van der Waals surface area (Å²) in [5.41, 5.74) is 0.347. The number of fused-ring (bicyclic) bond motifs is 1. The molecule has 1 atom stereocenters. The molecule has 3 amide bonds. The van der Waals surface area contributed by atoms with Crippen LogP contribution in [0.4, 0.5) is 0 Å². The van der Waals surface area contributed by atoms with Crippen LogP contribution in [0.3, 0.4) is 0 Å².